The lowest BCUT2D eigenvalue weighted by molar-refractivity contribution is -0.140. The lowest BCUT2D eigenvalue weighted by atomic mass is 9.83. The maximum absolute atomic E-state index is 12.8. The van der Waals surface area contributed by atoms with Crippen LogP contribution in [0.1, 0.15) is 30.4 Å². The number of hydrogen-bond donors (Lipinski definition) is 0. The summed E-state index contributed by atoms with van der Waals surface area (Å²) < 4.78 is 43.5. The fraction of sp³-hybridized carbons (Fsp3) is 0.300. The Morgan fingerprint density at radius 1 is 1.26 bits per heavy atom. The topological polar surface area (TPSA) is 46.6 Å². The number of esters is 1. The summed E-state index contributed by atoms with van der Waals surface area (Å²) in [4.78, 5) is 26.5. The summed E-state index contributed by atoms with van der Waals surface area (Å²) in [6.07, 6.45) is -1.56. The zero-order valence-electron chi connectivity index (χ0n) is 14.9. The maximum atomic E-state index is 12.8. The van der Waals surface area contributed by atoms with Crippen molar-refractivity contribution in [3.05, 3.63) is 72.0 Å². The van der Waals surface area contributed by atoms with Crippen LogP contribution < -0.4 is 0 Å². The number of carbonyl (C=O) groups excluding carboxylic acids is 2. The van der Waals surface area contributed by atoms with Crippen molar-refractivity contribution in [2.45, 2.75) is 25.4 Å². The highest BCUT2D eigenvalue weighted by Gasteiger charge is 2.37. The minimum Gasteiger partial charge on any atom is -0.458 e. The van der Waals surface area contributed by atoms with Gasteiger partial charge in [-0.3, -0.25) is 4.79 Å². The molecule has 1 atom stereocenters. The van der Waals surface area contributed by atoms with Crippen molar-refractivity contribution in [3.8, 4) is 0 Å². The molecule has 0 aromatic heterocycles. The van der Waals surface area contributed by atoms with Crippen LogP contribution in [0.3, 0.4) is 0 Å². The molecule has 0 fully saturated rings. The SMILES string of the molecule is C=CCOC(=O)C1=C(C)N(CC=C)C(=O)C[C@H]1c1ccc(C(F)(F)F)cc1. The van der Waals surface area contributed by atoms with Crippen molar-refractivity contribution in [2.75, 3.05) is 13.2 Å². The van der Waals surface area contributed by atoms with Crippen molar-refractivity contribution < 1.29 is 27.5 Å². The third-order valence-corrected chi connectivity index (χ3v) is 4.33. The average molecular weight is 379 g/mol. The normalized spacial score (nSPS) is 17.7. The smallest absolute Gasteiger partial charge is 0.416 e. The van der Waals surface area contributed by atoms with Crippen LogP contribution >= 0.6 is 0 Å². The van der Waals surface area contributed by atoms with Crippen molar-refractivity contribution in [3.63, 3.8) is 0 Å². The molecule has 0 saturated carbocycles. The Morgan fingerprint density at radius 2 is 1.89 bits per heavy atom. The molecule has 0 N–H and O–H groups in total. The molecule has 4 nitrogen and oxygen atoms in total. The number of rotatable bonds is 6. The van der Waals surface area contributed by atoms with E-state index in [1.54, 1.807) is 6.92 Å². The van der Waals surface area contributed by atoms with Gasteiger partial charge in [0.05, 0.1) is 11.1 Å². The number of hydrogen-bond acceptors (Lipinski definition) is 3. The molecule has 1 heterocycles. The Hall–Kier alpha value is -2.83. The molecule has 2 rings (SSSR count). The number of alkyl halides is 3. The zero-order chi connectivity index (χ0) is 20.2. The molecule has 1 aromatic carbocycles. The highest BCUT2D eigenvalue weighted by atomic mass is 19.4. The fourth-order valence-electron chi connectivity index (χ4n) is 3.03. The number of amides is 1. The lowest BCUT2D eigenvalue weighted by Gasteiger charge is -2.34. The van der Waals surface area contributed by atoms with Gasteiger partial charge < -0.3 is 9.64 Å². The summed E-state index contributed by atoms with van der Waals surface area (Å²) >= 11 is 0. The quantitative estimate of drug-likeness (QED) is 0.549. The molecule has 7 heteroatoms. The van der Waals surface area contributed by atoms with Gasteiger partial charge in [0, 0.05) is 24.6 Å². The zero-order valence-corrected chi connectivity index (χ0v) is 14.9. The highest BCUT2D eigenvalue weighted by molar-refractivity contribution is 5.96. The van der Waals surface area contributed by atoms with E-state index in [4.69, 9.17) is 4.74 Å². The Labute approximate surface area is 155 Å². The molecule has 1 aromatic rings. The summed E-state index contributed by atoms with van der Waals surface area (Å²) in [5.41, 5.74) is 0.306. The van der Waals surface area contributed by atoms with Gasteiger partial charge in [-0.1, -0.05) is 30.9 Å². The minimum absolute atomic E-state index is 0.00918. The van der Waals surface area contributed by atoms with Gasteiger partial charge in [-0.15, -0.1) is 6.58 Å². The number of halogens is 3. The largest absolute Gasteiger partial charge is 0.458 e. The molecule has 0 radical (unpaired) electrons. The molecule has 0 unspecified atom stereocenters. The first-order chi connectivity index (χ1) is 12.7. The number of allylic oxidation sites excluding steroid dienone is 1. The second-order valence-corrected chi connectivity index (χ2v) is 6.06. The van der Waals surface area contributed by atoms with Gasteiger partial charge in [0.15, 0.2) is 0 Å². The highest BCUT2D eigenvalue weighted by Crippen LogP contribution is 2.38. The van der Waals surface area contributed by atoms with E-state index in [2.05, 4.69) is 13.2 Å². The molecule has 0 saturated heterocycles. The van der Waals surface area contributed by atoms with E-state index in [0.29, 0.717) is 11.3 Å². The van der Waals surface area contributed by atoms with Crippen LogP contribution in [0, 0.1) is 0 Å². The van der Waals surface area contributed by atoms with Gasteiger partial charge in [-0.05, 0) is 24.6 Å². The van der Waals surface area contributed by atoms with E-state index in [-0.39, 0.29) is 31.1 Å². The first kappa shape index (κ1) is 20.5. The monoisotopic (exact) mass is 379 g/mol. The van der Waals surface area contributed by atoms with E-state index in [9.17, 15) is 22.8 Å². The van der Waals surface area contributed by atoms with E-state index in [0.717, 1.165) is 12.1 Å². The van der Waals surface area contributed by atoms with E-state index >= 15 is 0 Å². The molecule has 0 aliphatic carbocycles. The van der Waals surface area contributed by atoms with Crippen LogP contribution in [0.4, 0.5) is 13.2 Å². The summed E-state index contributed by atoms with van der Waals surface area (Å²) in [6.45, 7) is 8.91. The molecule has 1 aliphatic rings. The lowest BCUT2D eigenvalue weighted by Crippen LogP contribution is -2.38. The Balaban J connectivity index is 2.48. The number of benzene rings is 1. The third-order valence-electron chi connectivity index (χ3n) is 4.33. The van der Waals surface area contributed by atoms with Crippen LogP contribution in [-0.4, -0.2) is 29.9 Å². The van der Waals surface area contributed by atoms with Crippen LogP contribution in [-0.2, 0) is 20.5 Å². The first-order valence-corrected chi connectivity index (χ1v) is 8.27. The predicted molar refractivity (Wildman–Crippen MR) is 94.6 cm³/mol. The van der Waals surface area contributed by atoms with E-state index < -0.39 is 23.6 Å². The number of ether oxygens (including phenoxy) is 1. The third kappa shape index (κ3) is 4.48. The van der Waals surface area contributed by atoms with E-state index in [1.807, 2.05) is 0 Å². The maximum Gasteiger partial charge on any atom is 0.416 e. The van der Waals surface area contributed by atoms with Gasteiger partial charge in [-0.2, -0.15) is 13.2 Å². The standard InChI is InChI=1S/C20H20F3NO3/c1-4-10-24-13(3)18(19(26)27-11-5-2)16(12-17(24)25)14-6-8-15(9-7-14)20(21,22)23/h4-9,16H,1-2,10-12H2,3H3/t16-/m0/s1. The summed E-state index contributed by atoms with van der Waals surface area (Å²) in [6, 6.07) is 4.46. The molecule has 0 spiro atoms. The van der Waals surface area contributed by atoms with Gasteiger partial charge in [0.1, 0.15) is 6.61 Å². The second kappa shape index (κ2) is 8.24. The molecule has 0 bridgehead atoms. The summed E-state index contributed by atoms with van der Waals surface area (Å²) in [5, 5.41) is 0. The molecular formula is C20H20F3NO3. The average Bonchev–Trinajstić information content (AvgIpc) is 2.62. The molecule has 144 valence electrons. The van der Waals surface area contributed by atoms with Crippen LogP contribution in [0.2, 0.25) is 0 Å². The second-order valence-electron chi connectivity index (χ2n) is 6.06. The number of carbonyl (C=O) groups is 2. The van der Waals surface area contributed by atoms with Crippen molar-refractivity contribution in [1.82, 2.24) is 4.90 Å². The van der Waals surface area contributed by atoms with Crippen LogP contribution in [0.15, 0.2) is 60.8 Å². The van der Waals surface area contributed by atoms with Crippen molar-refractivity contribution in [2.24, 2.45) is 0 Å². The molecular weight excluding hydrogens is 359 g/mol. The fourth-order valence-corrected chi connectivity index (χ4v) is 3.03. The molecule has 1 aliphatic heterocycles. The predicted octanol–water partition coefficient (Wildman–Crippen LogP) is 4.21. The van der Waals surface area contributed by atoms with Gasteiger partial charge in [-0.25, -0.2) is 4.79 Å². The van der Waals surface area contributed by atoms with Gasteiger partial charge in [0.25, 0.3) is 0 Å². The van der Waals surface area contributed by atoms with Crippen molar-refractivity contribution >= 4 is 11.9 Å². The van der Waals surface area contributed by atoms with Crippen LogP contribution in [0.5, 0.6) is 0 Å². The minimum atomic E-state index is -4.46. The summed E-state index contributed by atoms with van der Waals surface area (Å²) in [7, 11) is 0. The Bertz CT molecular complexity index is 779. The van der Waals surface area contributed by atoms with E-state index in [1.165, 1.54) is 29.2 Å². The molecule has 1 amide bonds. The van der Waals surface area contributed by atoms with Gasteiger partial charge in [0.2, 0.25) is 5.91 Å². The Kier molecular flexibility index (Phi) is 6.25. The van der Waals surface area contributed by atoms with Crippen LogP contribution in [0.25, 0.3) is 0 Å². The van der Waals surface area contributed by atoms with Crippen molar-refractivity contribution in [1.29, 1.82) is 0 Å². The Morgan fingerprint density at radius 3 is 2.41 bits per heavy atom. The first-order valence-electron chi connectivity index (χ1n) is 8.27. The summed E-state index contributed by atoms with van der Waals surface area (Å²) in [5.74, 6) is -1.55. The number of nitrogens with zero attached hydrogens (tertiary/aromatic N) is 1. The van der Waals surface area contributed by atoms with Gasteiger partial charge >= 0.3 is 12.1 Å². The molecule has 27 heavy (non-hydrogen) atoms.